The number of methoxy groups -OCH3 is 1. The van der Waals surface area contributed by atoms with E-state index >= 15 is 0 Å². The van der Waals surface area contributed by atoms with Crippen LogP contribution in [0.2, 0.25) is 0 Å². The third-order valence-corrected chi connectivity index (χ3v) is 8.24. The second-order valence-electron chi connectivity index (χ2n) is 6.24. The Bertz CT molecular complexity index is 1040. The van der Waals surface area contributed by atoms with Crippen LogP contribution in [0, 0.1) is 13.8 Å². The summed E-state index contributed by atoms with van der Waals surface area (Å²) in [6, 6.07) is 8.79. The molecule has 0 fully saturated rings. The molecule has 2 aromatic carbocycles. The number of ether oxygens (including phenoxy) is 1. The monoisotopic (exact) mass is 426 g/mol. The van der Waals surface area contributed by atoms with E-state index in [1.165, 1.54) is 41.7 Å². The van der Waals surface area contributed by atoms with Crippen molar-refractivity contribution >= 4 is 25.7 Å². The smallest absolute Gasteiger partial charge is 0.262 e. The second kappa shape index (κ2) is 8.50. The summed E-state index contributed by atoms with van der Waals surface area (Å²) in [5, 5.41) is 0. The van der Waals surface area contributed by atoms with Crippen molar-refractivity contribution in [2.24, 2.45) is 0 Å². The first kappa shape index (κ1) is 22.2. The zero-order valence-electron chi connectivity index (χ0n) is 16.7. The Labute approximate surface area is 167 Å². The molecule has 28 heavy (non-hydrogen) atoms. The highest BCUT2D eigenvalue weighted by atomic mass is 32.2. The van der Waals surface area contributed by atoms with Crippen molar-refractivity contribution in [3.8, 4) is 5.75 Å². The molecule has 0 aliphatic rings. The van der Waals surface area contributed by atoms with Crippen molar-refractivity contribution in [1.82, 2.24) is 4.31 Å². The lowest BCUT2D eigenvalue weighted by Crippen LogP contribution is -2.30. The van der Waals surface area contributed by atoms with Crippen LogP contribution in [0.1, 0.15) is 25.0 Å². The summed E-state index contributed by atoms with van der Waals surface area (Å²) in [6.07, 6.45) is 0. The first-order chi connectivity index (χ1) is 13.1. The summed E-state index contributed by atoms with van der Waals surface area (Å²) >= 11 is 0. The molecule has 0 amide bonds. The van der Waals surface area contributed by atoms with Crippen molar-refractivity contribution in [3.05, 3.63) is 47.5 Å². The SMILES string of the molecule is CCN(CC)S(=O)(=O)c1ccc(NS(=O)(=O)c2ccc(OC)c(C)c2C)cc1. The molecule has 2 aromatic rings. The van der Waals surface area contributed by atoms with Crippen LogP contribution in [0.25, 0.3) is 0 Å². The summed E-state index contributed by atoms with van der Waals surface area (Å²) in [6.45, 7) is 7.77. The van der Waals surface area contributed by atoms with Gasteiger partial charge < -0.3 is 4.74 Å². The fourth-order valence-electron chi connectivity index (χ4n) is 2.90. The lowest BCUT2D eigenvalue weighted by molar-refractivity contribution is 0.410. The normalized spacial score (nSPS) is 12.2. The van der Waals surface area contributed by atoms with Crippen LogP contribution >= 0.6 is 0 Å². The van der Waals surface area contributed by atoms with Crippen molar-refractivity contribution in [2.45, 2.75) is 37.5 Å². The van der Waals surface area contributed by atoms with Gasteiger partial charge in [-0.3, -0.25) is 4.72 Å². The third-order valence-electron chi connectivity index (χ3n) is 4.65. The molecule has 7 nitrogen and oxygen atoms in total. The minimum absolute atomic E-state index is 0.121. The Morgan fingerprint density at radius 3 is 1.96 bits per heavy atom. The van der Waals surface area contributed by atoms with E-state index in [0.29, 0.717) is 24.4 Å². The van der Waals surface area contributed by atoms with E-state index < -0.39 is 20.0 Å². The van der Waals surface area contributed by atoms with Gasteiger partial charge in [-0.05, 0) is 61.4 Å². The molecule has 1 N–H and O–H groups in total. The molecule has 0 atom stereocenters. The number of nitrogens with one attached hydrogen (secondary N) is 1. The molecule has 0 unspecified atom stereocenters. The fraction of sp³-hybridized carbons (Fsp3) is 0.368. The van der Waals surface area contributed by atoms with E-state index in [2.05, 4.69) is 4.72 Å². The van der Waals surface area contributed by atoms with Gasteiger partial charge in [0.2, 0.25) is 10.0 Å². The number of hydrogen-bond donors (Lipinski definition) is 1. The van der Waals surface area contributed by atoms with Crippen LogP contribution in [0.15, 0.2) is 46.2 Å². The molecule has 0 aromatic heterocycles. The summed E-state index contributed by atoms with van der Waals surface area (Å²) in [5.74, 6) is 0.613. The molecule has 154 valence electrons. The van der Waals surface area contributed by atoms with Crippen LogP contribution in [-0.2, 0) is 20.0 Å². The molecule has 0 aliphatic carbocycles. The molecule has 0 saturated heterocycles. The maximum Gasteiger partial charge on any atom is 0.262 e. The zero-order valence-corrected chi connectivity index (χ0v) is 18.3. The Kier molecular flexibility index (Phi) is 6.74. The van der Waals surface area contributed by atoms with Gasteiger partial charge in [0.25, 0.3) is 10.0 Å². The minimum atomic E-state index is -3.83. The summed E-state index contributed by atoms with van der Waals surface area (Å²) in [7, 11) is -5.89. The fourth-order valence-corrected chi connectivity index (χ4v) is 5.72. The standard InChI is InChI=1S/C19H26N2O5S2/c1-6-21(7-2)28(24,25)17-10-8-16(9-11-17)20-27(22,23)19-13-12-18(26-5)14(3)15(19)4/h8-13,20H,6-7H2,1-5H3. The Morgan fingerprint density at radius 2 is 1.46 bits per heavy atom. The topological polar surface area (TPSA) is 92.8 Å². The van der Waals surface area contributed by atoms with Crippen LogP contribution in [0.4, 0.5) is 5.69 Å². The molecule has 0 bridgehead atoms. The van der Waals surface area contributed by atoms with E-state index in [-0.39, 0.29) is 15.5 Å². The van der Waals surface area contributed by atoms with E-state index in [9.17, 15) is 16.8 Å². The Balaban J connectivity index is 2.33. The van der Waals surface area contributed by atoms with Gasteiger partial charge in [-0.25, -0.2) is 16.8 Å². The van der Waals surface area contributed by atoms with Crippen LogP contribution in [0.5, 0.6) is 5.75 Å². The minimum Gasteiger partial charge on any atom is -0.496 e. The van der Waals surface area contributed by atoms with Gasteiger partial charge in [0, 0.05) is 18.8 Å². The quantitative estimate of drug-likeness (QED) is 0.700. The number of benzene rings is 2. The maximum atomic E-state index is 12.8. The van der Waals surface area contributed by atoms with Gasteiger partial charge in [0.1, 0.15) is 5.75 Å². The second-order valence-corrected chi connectivity index (χ2v) is 9.82. The largest absolute Gasteiger partial charge is 0.496 e. The Morgan fingerprint density at radius 1 is 0.893 bits per heavy atom. The van der Waals surface area contributed by atoms with Gasteiger partial charge in [0.05, 0.1) is 16.9 Å². The van der Waals surface area contributed by atoms with Crippen LogP contribution < -0.4 is 9.46 Å². The third kappa shape index (κ3) is 4.31. The van der Waals surface area contributed by atoms with Gasteiger partial charge in [-0.1, -0.05) is 13.8 Å². The molecule has 2 rings (SSSR count). The van der Waals surface area contributed by atoms with Crippen molar-refractivity contribution in [1.29, 1.82) is 0 Å². The van der Waals surface area contributed by atoms with Gasteiger partial charge >= 0.3 is 0 Å². The zero-order chi connectivity index (χ0) is 21.1. The number of anilines is 1. The molecular weight excluding hydrogens is 400 g/mol. The highest BCUT2D eigenvalue weighted by Crippen LogP contribution is 2.28. The number of hydrogen-bond acceptors (Lipinski definition) is 5. The molecule has 0 aliphatic heterocycles. The molecule has 9 heteroatoms. The summed E-state index contributed by atoms with van der Waals surface area (Å²) < 4.78 is 59.7. The van der Waals surface area contributed by atoms with Crippen molar-refractivity contribution in [3.63, 3.8) is 0 Å². The molecular formula is C19H26N2O5S2. The lowest BCUT2D eigenvalue weighted by atomic mass is 10.1. The maximum absolute atomic E-state index is 12.8. The number of sulfonamides is 2. The summed E-state index contributed by atoms with van der Waals surface area (Å²) in [4.78, 5) is 0.265. The van der Waals surface area contributed by atoms with Crippen molar-refractivity contribution < 1.29 is 21.6 Å². The molecule has 0 heterocycles. The first-order valence-electron chi connectivity index (χ1n) is 8.85. The summed E-state index contributed by atoms with van der Waals surface area (Å²) in [5.41, 5.74) is 1.62. The predicted molar refractivity (Wildman–Crippen MR) is 110 cm³/mol. The highest BCUT2D eigenvalue weighted by Gasteiger charge is 2.23. The van der Waals surface area contributed by atoms with E-state index in [1.54, 1.807) is 33.8 Å². The van der Waals surface area contributed by atoms with Crippen molar-refractivity contribution in [2.75, 3.05) is 24.9 Å². The van der Waals surface area contributed by atoms with E-state index in [1.807, 2.05) is 0 Å². The van der Waals surface area contributed by atoms with Gasteiger partial charge in [0.15, 0.2) is 0 Å². The first-order valence-corrected chi connectivity index (χ1v) is 11.8. The molecule has 0 radical (unpaired) electrons. The van der Waals surface area contributed by atoms with Gasteiger partial charge in [-0.15, -0.1) is 0 Å². The van der Waals surface area contributed by atoms with E-state index in [4.69, 9.17) is 4.74 Å². The molecule has 0 spiro atoms. The Hall–Kier alpha value is -2.10. The van der Waals surface area contributed by atoms with Crippen LogP contribution in [0.3, 0.4) is 0 Å². The average molecular weight is 427 g/mol. The number of rotatable bonds is 8. The van der Waals surface area contributed by atoms with Crippen LogP contribution in [-0.4, -0.2) is 41.3 Å². The average Bonchev–Trinajstić information content (AvgIpc) is 2.64. The highest BCUT2D eigenvalue weighted by molar-refractivity contribution is 7.92. The number of nitrogens with zero attached hydrogens (tertiary/aromatic N) is 1. The molecule has 0 saturated carbocycles. The van der Waals surface area contributed by atoms with E-state index in [0.717, 1.165) is 5.56 Å². The van der Waals surface area contributed by atoms with Gasteiger partial charge in [-0.2, -0.15) is 4.31 Å². The predicted octanol–water partition coefficient (Wildman–Crippen LogP) is 3.14. The lowest BCUT2D eigenvalue weighted by Gasteiger charge is -2.18.